The van der Waals surface area contributed by atoms with Gasteiger partial charge in [-0.25, -0.2) is 0 Å². The minimum absolute atomic E-state index is 0.0557. The van der Waals surface area contributed by atoms with Gasteiger partial charge in [-0.05, 0) is 23.8 Å². The number of rotatable bonds is 3. The molecule has 4 heterocycles. The first-order valence-corrected chi connectivity index (χ1v) is 9.20. The SMILES string of the molecule is O=C(c1ccncc1)N1CC(C(=O)N2CCOCC2)[C@H](c2cccnc2)C1. The van der Waals surface area contributed by atoms with E-state index in [9.17, 15) is 9.59 Å². The van der Waals surface area contributed by atoms with Crippen molar-refractivity contribution in [3.05, 3.63) is 60.2 Å². The Morgan fingerprint density at radius 3 is 2.44 bits per heavy atom. The zero-order valence-corrected chi connectivity index (χ0v) is 15.0. The number of carbonyl (C=O) groups is 2. The van der Waals surface area contributed by atoms with Gasteiger partial charge in [-0.3, -0.25) is 19.6 Å². The predicted molar refractivity (Wildman–Crippen MR) is 98.0 cm³/mol. The number of hydrogen-bond donors (Lipinski definition) is 0. The highest BCUT2D eigenvalue weighted by Gasteiger charge is 2.42. The fraction of sp³-hybridized carbons (Fsp3) is 0.400. The van der Waals surface area contributed by atoms with Crippen LogP contribution in [0.25, 0.3) is 0 Å². The summed E-state index contributed by atoms with van der Waals surface area (Å²) in [6.45, 7) is 3.26. The van der Waals surface area contributed by atoms with E-state index in [-0.39, 0.29) is 23.7 Å². The van der Waals surface area contributed by atoms with Crippen LogP contribution >= 0.6 is 0 Å². The molecule has 0 N–H and O–H groups in total. The Hall–Kier alpha value is -2.80. The van der Waals surface area contributed by atoms with E-state index in [1.54, 1.807) is 41.8 Å². The molecule has 0 spiro atoms. The van der Waals surface area contributed by atoms with Gasteiger partial charge in [-0.15, -0.1) is 0 Å². The molecule has 7 nitrogen and oxygen atoms in total. The van der Waals surface area contributed by atoms with Crippen LogP contribution in [0, 0.1) is 5.92 Å². The highest BCUT2D eigenvalue weighted by molar-refractivity contribution is 5.95. The van der Waals surface area contributed by atoms with Crippen molar-refractivity contribution >= 4 is 11.8 Å². The van der Waals surface area contributed by atoms with Crippen molar-refractivity contribution in [2.45, 2.75) is 5.92 Å². The Morgan fingerprint density at radius 2 is 1.74 bits per heavy atom. The molecule has 0 aromatic carbocycles. The summed E-state index contributed by atoms with van der Waals surface area (Å²) in [7, 11) is 0. The molecular weight excluding hydrogens is 344 g/mol. The van der Waals surface area contributed by atoms with Crippen molar-refractivity contribution in [1.29, 1.82) is 0 Å². The molecule has 4 rings (SSSR count). The number of hydrogen-bond acceptors (Lipinski definition) is 5. The van der Waals surface area contributed by atoms with E-state index in [0.717, 1.165) is 5.56 Å². The predicted octanol–water partition coefficient (Wildman–Crippen LogP) is 1.19. The lowest BCUT2D eigenvalue weighted by Crippen LogP contribution is -2.45. The van der Waals surface area contributed by atoms with E-state index in [0.29, 0.717) is 45.0 Å². The van der Waals surface area contributed by atoms with Crippen LogP contribution in [0.4, 0.5) is 0 Å². The monoisotopic (exact) mass is 366 g/mol. The molecular formula is C20H22N4O3. The highest BCUT2D eigenvalue weighted by atomic mass is 16.5. The van der Waals surface area contributed by atoms with Gasteiger partial charge >= 0.3 is 0 Å². The molecule has 2 atom stereocenters. The summed E-state index contributed by atoms with van der Waals surface area (Å²) in [6.07, 6.45) is 6.73. The molecule has 2 aromatic heterocycles. The molecule has 2 aliphatic heterocycles. The maximum absolute atomic E-state index is 13.2. The van der Waals surface area contributed by atoms with E-state index < -0.39 is 0 Å². The lowest BCUT2D eigenvalue weighted by molar-refractivity contribution is -0.139. The molecule has 2 aliphatic rings. The highest BCUT2D eigenvalue weighted by Crippen LogP contribution is 2.34. The van der Waals surface area contributed by atoms with Gasteiger partial charge < -0.3 is 14.5 Å². The molecule has 2 amide bonds. The van der Waals surface area contributed by atoms with Crippen molar-refractivity contribution in [3.8, 4) is 0 Å². The van der Waals surface area contributed by atoms with Crippen LogP contribution in [0.15, 0.2) is 49.1 Å². The quantitative estimate of drug-likeness (QED) is 0.816. The second-order valence-corrected chi connectivity index (χ2v) is 6.88. The normalized spacial score (nSPS) is 22.7. The van der Waals surface area contributed by atoms with Gasteiger partial charge in [0, 0.05) is 62.4 Å². The van der Waals surface area contributed by atoms with Gasteiger partial charge in [0.25, 0.3) is 5.91 Å². The van der Waals surface area contributed by atoms with E-state index >= 15 is 0 Å². The third kappa shape index (κ3) is 3.68. The lowest BCUT2D eigenvalue weighted by Gasteiger charge is -2.30. The van der Waals surface area contributed by atoms with Crippen LogP contribution in [0.1, 0.15) is 21.8 Å². The van der Waals surface area contributed by atoms with Crippen LogP contribution in [0.2, 0.25) is 0 Å². The number of nitrogens with zero attached hydrogens (tertiary/aromatic N) is 4. The van der Waals surface area contributed by atoms with Crippen molar-refractivity contribution < 1.29 is 14.3 Å². The summed E-state index contributed by atoms with van der Waals surface area (Å²) >= 11 is 0. The van der Waals surface area contributed by atoms with Crippen LogP contribution in [0.5, 0.6) is 0 Å². The van der Waals surface area contributed by atoms with Crippen molar-refractivity contribution in [2.24, 2.45) is 5.92 Å². The first-order valence-electron chi connectivity index (χ1n) is 9.20. The average Bonchev–Trinajstić information content (AvgIpc) is 3.20. The van der Waals surface area contributed by atoms with Crippen LogP contribution in [-0.4, -0.2) is 71.0 Å². The van der Waals surface area contributed by atoms with Gasteiger partial charge in [0.05, 0.1) is 19.1 Å². The summed E-state index contributed by atoms with van der Waals surface area (Å²) < 4.78 is 5.37. The van der Waals surface area contributed by atoms with Crippen LogP contribution < -0.4 is 0 Å². The van der Waals surface area contributed by atoms with Crippen molar-refractivity contribution in [2.75, 3.05) is 39.4 Å². The molecule has 1 unspecified atom stereocenters. The molecule has 2 saturated heterocycles. The molecule has 0 radical (unpaired) electrons. The largest absolute Gasteiger partial charge is 0.378 e. The third-order valence-corrected chi connectivity index (χ3v) is 5.29. The second-order valence-electron chi connectivity index (χ2n) is 6.88. The smallest absolute Gasteiger partial charge is 0.254 e. The van der Waals surface area contributed by atoms with Gasteiger partial charge in [0.1, 0.15) is 0 Å². The Balaban J connectivity index is 1.59. The molecule has 2 aromatic rings. The lowest BCUT2D eigenvalue weighted by atomic mass is 9.89. The number of morpholine rings is 1. The number of likely N-dealkylation sites (tertiary alicyclic amines) is 1. The standard InChI is InChI=1S/C20H22N4O3/c25-19(15-3-6-21-7-4-15)24-13-17(16-2-1-5-22-12-16)18(14-24)20(26)23-8-10-27-11-9-23/h1-7,12,17-18H,8-11,13-14H2/t17-,18?/m0/s1. The van der Waals surface area contributed by atoms with E-state index in [1.807, 2.05) is 17.0 Å². The van der Waals surface area contributed by atoms with Crippen molar-refractivity contribution in [1.82, 2.24) is 19.8 Å². The Labute approximate surface area is 158 Å². The van der Waals surface area contributed by atoms with Crippen LogP contribution in [-0.2, 0) is 9.53 Å². The molecule has 27 heavy (non-hydrogen) atoms. The van der Waals surface area contributed by atoms with Gasteiger partial charge in [0.15, 0.2) is 0 Å². The maximum Gasteiger partial charge on any atom is 0.254 e. The molecule has 7 heteroatoms. The number of pyridine rings is 2. The minimum Gasteiger partial charge on any atom is -0.378 e. The first kappa shape index (κ1) is 17.6. The molecule has 0 saturated carbocycles. The summed E-state index contributed by atoms with van der Waals surface area (Å²) in [5, 5.41) is 0. The maximum atomic E-state index is 13.2. The first-order chi connectivity index (χ1) is 13.2. The Morgan fingerprint density at radius 1 is 0.963 bits per heavy atom. The summed E-state index contributed by atoms with van der Waals surface area (Å²) in [5.74, 6) is -0.293. The molecule has 2 fully saturated rings. The number of amides is 2. The number of ether oxygens (including phenoxy) is 1. The topological polar surface area (TPSA) is 75.6 Å². The number of aromatic nitrogens is 2. The van der Waals surface area contributed by atoms with E-state index in [4.69, 9.17) is 4.74 Å². The summed E-state index contributed by atoms with van der Waals surface area (Å²) in [5.41, 5.74) is 1.59. The molecule has 140 valence electrons. The molecule has 0 bridgehead atoms. The van der Waals surface area contributed by atoms with Crippen LogP contribution in [0.3, 0.4) is 0 Å². The minimum atomic E-state index is -0.266. The zero-order chi connectivity index (χ0) is 18.6. The van der Waals surface area contributed by atoms with Gasteiger partial charge in [-0.2, -0.15) is 0 Å². The number of carbonyl (C=O) groups excluding carboxylic acids is 2. The Kier molecular flexibility index (Phi) is 5.11. The van der Waals surface area contributed by atoms with Gasteiger partial charge in [0.2, 0.25) is 5.91 Å². The molecule has 0 aliphatic carbocycles. The second kappa shape index (κ2) is 7.84. The summed E-state index contributed by atoms with van der Waals surface area (Å²) in [6, 6.07) is 7.27. The zero-order valence-electron chi connectivity index (χ0n) is 15.0. The fourth-order valence-electron chi connectivity index (χ4n) is 3.85. The van der Waals surface area contributed by atoms with E-state index in [2.05, 4.69) is 9.97 Å². The van der Waals surface area contributed by atoms with E-state index in [1.165, 1.54) is 0 Å². The van der Waals surface area contributed by atoms with Gasteiger partial charge in [-0.1, -0.05) is 6.07 Å². The summed E-state index contributed by atoms with van der Waals surface area (Å²) in [4.78, 5) is 37.9. The van der Waals surface area contributed by atoms with Crippen molar-refractivity contribution in [3.63, 3.8) is 0 Å². The average molecular weight is 366 g/mol. The Bertz CT molecular complexity index is 793. The third-order valence-electron chi connectivity index (χ3n) is 5.29. The fourth-order valence-corrected chi connectivity index (χ4v) is 3.85.